The number of methoxy groups -OCH3 is 1. The molecule has 0 aromatic rings. The summed E-state index contributed by atoms with van der Waals surface area (Å²) in [6, 6.07) is 0.242. The van der Waals surface area contributed by atoms with Gasteiger partial charge in [0.25, 0.3) is 0 Å². The van der Waals surface area contributed by atoms with Crippen LogP contribution in [-0.2, 0) is 28.5 Å². The number of allylic oxidation sites excluding steroid dienone is 1. The molecule has 2 aliphatic carbocycles. The predicted molar refractivity (Wildman–Crippen MR) is 133 cm³/mol. The summed E-state index contributed by atoms with van der Waals surface area (Å²) in [5.74, 6) is 0.369. The first kappa shape index (κ1) is 26.6. The fourth-order valence-corrected chi connectivity index (χ4v) is 6.56. The second kappa shape index (κ2) is 10.9. The van der Waals surface area contributed by atoms with Gasteiger partial charge in [-0.2, -0.15) is 0 Å². The highest BCUT2D eigenvalue weighted by molar-refractivity contribution is 5.76. The molecule has 2 heterocycles. The van der Waals surface area contributed by atoms with Gasteiger partial charge in [-0.1, -0.05) is 18.6 Å². The number of nitrogens with one attached hydrogen (secondary N) is 1. The number of carbonyl (C=O) groups excluding carboxylic acids is 2. The number of rotatable bonds is 10. The molecule has 7 heteroatoms. The number of ether oxygens (including phenoxy) is 4. The molecule has 2 aliphatic heterocycles. The Bertz CT molecular complexity index is 795. The second-order valence-corrected chi connectivity index (χ2v) is 11.6. The van der Waals surface area contributed by atoms with Crippen LogP contribution >= 0.6 is 0 Å². The van der Waals surface area contributed by atoms with Gasteiger partial charge in [-0.3, -0.25) is 9.59 Å². The van der Waals surface area contributed by atoms with Crippen molar-refractivity contribution in [2.75, 3.05) is 13.7 Å². The van der Waals surface area contributed by atoms with Gasteiger partial charge >= 0.3 is 5.97 Å². The molecule has 4 fully saturated rings. The molecular formula is C28H45NO6. The quantitative estimate of drug-likeness (QED) is 0.275. The molecule has 35 heavy (non-hydrogen) atoms. The summed E-state index contributed by atoms with van der Waals surface area (Å²) in [5, 5.41) is 3.13. The molecule has 198 valence electrons. The topological polar surface area (TPSA) is 89.7 Å². The third-order valence-electron chi connectivity index (χ3n) is 8.66. The number of amides is 1. The van der Waals surface area contributed by atoms with Crippen LogP contribution in [0.1, 0.15) is 91.9 Å². The highest BCUT2D eigenvalue weighted by atomic mass is 16.6. The van der Waals surface area contributed by atoms with Gasteiger partial charge in [0.15, 0.2) is 0 Å². The van der Waals surface area contributed by atoms with E-state index in [0.717, 1.165) is 58.0 Å². The monoisotopic (exact) mass is 491 g/mol. The van der Waals surface area contributed by atoms with Crippen LogP contribution in [-0.4, -0.2) is 61.1 Å². The minimum atomic E-state index is -0.325. The van der Waals surface area contributed by atoms with Gasteiger partial charge in [-0.25, -0.2) is 0 Å². The fraction of sp³-hybridized carbons (Fsp3) is 0.857. The Morgan fingerprint density at radius 3 is 2.46 bits per heavy atom. The van der Waals surface area contributed by atoms with Crippen molar-refractivity contribution in [3.8, 4) is 0 Å². The van der Waals surface area contributed by atoms with Crippen LogP contribution in [0.3, 0.4) is 0 Å². The first-order valence-corrected chi connectivity index (χ1v) is 13.7. The molecule has 3 unspecified atom stereocenters. The summed E-state index contributed by atoms with van der Waals surface area (Å²) < 4.78 is 24.3. The Labute approximate surface area is 210 Å². The van der Waals surface area contributed by atoms with E-state index in [1.807, 2.05) is 6.92 Å². The van der Waals surface area contributed by atoms with Crippen LogP contribution < -0.4 is 5.32 Å². The maximum Gasteiger partial charge on any atom is 0.306 e. The number of hydrogen-bond acceptors (Lipinski definition) is 6. The summed E-state index contributed by atoms with van der Waals surface area (Å²) in [6.45, 7) is 9.12. The SMILES string of the molecule is CCCC(=O)NC1CCC(CC(=O)OC2CC[C@]3(CO3)C([C@]3(C)O[C@@H]3CC=C(C)C)C2OC)CC1. The van der Waals surface area contributed by atoms with E-state index in [1.165, 1.54) is 5.57 Å². The summed E-state index contributed by atoms with van der Waals surface area (Å²) in [5.41, 5.74) is 0.754. The Kier molecular flexibility index (Phi) is 8.29. The molecule has 2 saturated heterocycles. The van der Waals surface area contributed by atoms with E-state index in [4.69, 9.17) is 18.9 Å². The van der Waals surface area contributed by atoms with E-state index in [9.17, 15) is 9.59 Å². The van der Waals surface area contributed by atoms with Crippen LogP contribution in [0.5, 0.6) is 0 Å². The van der Waals surface area contributed by atoms with E-state index in [0.29, 0.717) is 18.8 Å². The number of carbonyl (C=O) groups is 2. The van der Waals surface area contributed by atoms with Gasteiger partial charge in [0.2, 0.25) is 5.91 Å². The van der Waals surface area contributed by atoms with Gasteiger partial charge < -0.3 is 24.3 Å². The zero-order valence-corrected chi connectivity index (χ0v) is 22.3. The van der Waals surface area contributed by atoms with E-state index in [-0.39, 0.29) is 53.4 Å². The molecule has 1 spiro atoms. The molecule has 0 radical (unpaired) electrons. The van der Waals surface area contributed by atoms with Crippen LogP contribution in [0.25, 0.3) is 0 Å². The summed E-state index contributed by atoms with van der Waals surface area (Å²) in [6.07, 6.45) is 10.0. The van der Waals surface area contributed by atoms with Crippen molar-refractivity contribution < 1.29 is 28.5 Å². The maximum absolute atomic E-state index is 13.0. The van der Waals surface area contributed by atoms with E-state index >= 15 is 0 Å². The van der Waals surface area contributed by atoms with Crippen LogP contribution in [0.15, 0.2) is 11.6 Å². The lowest BCUT2D eigenvalue weighted by atomic mass is 9.68. The van der Waals surface area contributed by atoms with Gasteiger partial charge in [0, 0.05) is 26.0 Å². The highest BCUT2D eigenvalue weighted by Gasteiger charge is 2.72. The normalized spacial score (nSPS) is 40.1. The number of hydrogen-bond donors (Lipinski definition) is 1. The molecule has 0 bridgehead atoms. The summed E-state index contributed by atoms with van der Waals surface area (Å²) in [7, 11) is 1.71. The molecule has 0 aromatic carbocycles. The Hall–Kier alpha value is -1.44. The minimum Gasteiger partial charge on any atom is -0.460 e. The van der Waals surface area contributed by atoms with E-state index in [2.05, 4.69) is 32.2 Å². The standard InChI is InChI=1S/C28H45NO6/c1-6-7-23(30)29-20-11-9-19(10-12-20)16-24(31)34-21-14-15-28(17-33-28)26(25(21)32-5)27(4)22(35-27)13-8-18(2)3/h8,19-22,25-26H,6-7,9-17H2,1-5H3,(H,29,30)/t19?,20?,21?,22-,25?,26?,27-,28+/m1/s1. The largest absolute Gasteiger partial charge is 0.460 e. The predicted octanol–water partition coefficient (Wildman–Crippen LogP) is 4.47. The van der Waals surface area contributed by atoms with Crippen LogP contribution in [0, 0.1) is 11.8 Å². The average Bonchev–Trinajstić information content (AvgIpc) is 3.72. The minimum absolute atomic E-state index is 0.0456. The van der Waals surface area contributed by atoms with Gasteiger partial charge in [-0.15, -0.1) is 0 Å². The van der Waals surface area contributed by atoms with E-state index in [1.54, 1.807) is 7.11 Å². The molecule has 6 atom stereocenters. The van der Waals surface area contributed by atoms with Crippen molar-refractivity contribution in [3.05, 3.63) is 11.6 Å². The first-order chi connectivity index (χ1) is 16.7. The van der Waals surface area contributed by atoms with Gasteiger partial charge in [-0.05, 0) is 78.1 Å². The molecule has 4 rings (SSSR count). The van der Waals surface area contributed by atoms with Gasteiger partial charge in [0.1, 0.15) is 23.4 Å². The Balaban J connectivity index is 1.30. The molecule has 1 N–H and O–H groups in total. The Morgan fingerprint density at radius 2 is 1.86 bits per heavy atom. The smallest absolute Gasteiger partial charge is 0.306 e. The highest BCUT2D eigenvalue weighted by Crippen LogP contribution is 2.59. The van der Waals surface area contributed by atoms with Crippen molar-refractivity contribution in [1.82, 2.24) is 5.32 Å². The van der Waals surface area contributed by atoms with Crippen molar-refractivity contribution >= 4 is 11.9 Å². The van der Waals surface area contributed by atoms with Crippen molar-refractivity contribution in [2.45, 2.75) is 127 Å². The second-order valence-electron chi connectivity index (χ2n) is 11.6. The fourth-order valence-electron chi connectivity index (χ4n) is 6.56. The molecule has 1 amide bonds. The molecule has 7 nitrogen and oxygen atoms in total. The van der Waals surface area contributed by atoms with Crippen molar-refractivity contribution in [2.24, 2.45) is 11.8 Å². The summed E-state index contributed by atoms with van der Waals surface area (Å²) >= 11 is 0. The Morgan fingerprint density at radius 1 is 1.14 bits per heavy atom. The lowest BCUT2D eigenvalue weighted by Gasteiger charge is -2.42. The van der Waals surface area contributed by atoms with Crippen LogP contribution in [0.4, 0.5) is 0 Å². The van der Waals surface area contributed by atoms with Crippen molar-refractivity contribution in [3.63, 3.8) is 0 Å². The van der Waals surface area contributed by atoms with Crippen LogP contribution in [0.2, 0.25) is 0 Å². The molecule has 0 aromatic heterocycles. The first-order valence-electron chi connectivity index (χ1n) is 13.7. The third kappa shape index (κ3) is 6.11. The molecular weight excluding hydrogens is 446 g/mol. The average molecular weight is 492 g/mol. The number of epoxide rings is 2. The maximum atomic E-state index is 13.0. The molecule has 2 saturated carbocycles. The van der Waals surface area contributed by atoms with Gasteiger partial charge in [0.05, 0.1) is 18.6 Å². The lowest BCUT2D eigenvalue weighted by molar-refractivity contribution is -0.173. The zero-order chi connectivity index (χ0) is 25.2. The summed E-state index contributed by atoms with van der Waals surface area (Å²) in [4.78, 5) is 24.8. The third-order valence-corrected chi connectivity index (χ3v) is 8.66. The molecule has 4 aliphatic rings. The lowest BCUT2D eigenvalue weighted by Crippen LogP contribution is -2.55. The number of esters is 1. The van der Waals surface area contributed by atoms with E-state index < -0.39 is 0 Å². The van der Waals surface area contributed by atoms with Crippen molar-refractivity contribution in [1.29, 1.82) is 0 Å². The zero-order valence-electron chi connectivity index (χ0n) is 22.3.